The molecular weight excluding hydrogens is 256 g/mol. The van der Waals surface area contributed by atoms with Gasteiger partial charge in [-0.3, -0.25) is 9.59 Å². The van der Waals surface area contributed by atoms with Gasteiger partial charge in [0.05, 0.1) is 0 Å². The van der Waals surface area contributed by atoms with Gasteiger partial charge >= 0.3 is 5.97 Å². The zero-order valence-corrected chi connectivity index (χ0v) is 12.7. The molecule has 1 saturated carbocycles. The smallest absolute Gasteiger partial charge is 0.303 e. The lowest BCUT2D eigenvalue weighted by molar-refractivity contribution is -0.138. The summed E-state index contributed by atoms with van der Waals surface area (Å²) in [5.41, 5.74) is 5.35. The maximum absolute atomic E-state index is 12.2. The van der Waals surface area contributed by atoms with E-state index >= 15 is 0 Å². The second-order valence-corrected chi connectivity index (χ2v) is 6.77. The lowest BCUT2D eigenvalue weighted by atomic mass is 9.71. The molecule has 116 valence electrons. The Morgan fingerprint density at radius 2 is 1.85 bits per heavy atom. The maximum Gasteiger partial charge on any atom is 0.303 e. The van der Waals surface area contributed by atoms with Crippen LogP contribution in [-0.2, 0) is 9.59 Å². The molecule has 0 saturated heterocycles. The molecule has 1 aliphatic rings. The van der Waals surface area contributed by atoms with Crippen molar-refractivity contribution in [3.63, 3.8) is 0 Å². The fourth-order valence-corrected chi connectivity index (χ4v) is 3.00. The summed E-state index contributed by atoms with van der Waals surface area (Å²) in [6, 6.07) is 0. The van der Waals surface area contributed by atoms with E-state index in [0.717, 1.165) is 25.7 Å². The second kappa shape index (κ2) is 7.07. The Hall–Kier alpha value is -1.10. The van der Waals surface area contributed by atoms with E-state index in [9.17, 15) is 9.59 Å². The molecule has 0 atom stereocenters. The molecule has 1 aliphatic carbocycles. The van der Waals surface area contributed by atoms with Crippen molar-refractivity contribution in [2.24, 2.45) is 11.1 Å². The number of aliphatic carboxylic acids is 1. The van der Waals surface area contributed by atoms with Crippen LogP contribution in [0.3, 0.4) is 0 Å². The van der Waals surface area contributed by atoms with Gasteiger partial charge < -0.3 is 16.2 Å². The molecule has 0 spiro atoms. The van der Waals surface area contributed by atoms with E-state index < -0.39 is 11.5 Å². The van der Waals surface area contributed by atoms with Gasteiger partial charge in [0.2, 0.25) is 5.91 Å². The van der Waals surface area contributed by atoms with Crippen LogP contribution < -0.4 is 11.1 Å². The number of rotatable bonds is 7. The van der Waals surface area contributed by atoms with Crippen LogP contribution in [-0.4, -0.2) is 29.1 Å². The molecular formula is C15H28N2O3. The van der Waals surface area contributed by atoms with Gasteiger partial charge in [-0.05, 0) is 45.1 Å². The molecule has 1 rings (SSSR count). The van der Waals surface area contributed by atoms with Crippen LogP contribution in [0.4, 0.5) is 0 Å². The fourth-order valence-electron chi connectivity index (χ4n) is 3.00. The van der Waals surface area contributed by atoms with Crippen LogP contribution in [0.2, 0.25) is 0 Å². The van der Waals surface area contributed by atoms with Crippen LogP contribution in [0, 0.1) is 5.41 Å². The van der Waals surface area contributed by atoms with Crippen LogP contribution in [0.5, 0.6) is 0 Å². The SMILES string of the molecule is CC(C)(CCC(=O)O)NC(=O)CC1(CN)CCCCC1. The van der Waals surface area contributed by atoms with Gasteiger partial charge in [-0.15, -0.1) is 0 Å². The highest BCUT2D eigenvalue weighted by atomic mass is 16.4. The van der Waals surface area contributed by atoms with E-state index in [1.807, 2.05) is 13.8 Å². The highest BCUT2D eigenvalue weighted by molar-refractivity contribution is 5.77. The lowest BCUT2D eigenvalue weighted by Crippen LogP contribution is -2.47. The molecule has 1 amide bonds. The Labute approximate surface area is 121 Å². The Balaban J connectivity index is 2.50. The summed E-state index contributed by atoms with van der Waals surface area (Å²) < 4.78 is 0. The molecule has 0 heterocycles. The van der Waals surface area contributed by atoms with E-state index in [-0.39, 0.29) is 17.7 Å². The number of amides is 1. The number of nitrogens with one attached hydrogen (secondary N) is 1. The predicted molar refractivity (Wildman–Crippen MR) is 78.3 cm³/mol. The number of carbonyl (C=O) groups is 2. The summed E-state index contributed by atoms with van der Waals surface area (Å²) in [6.07, 6.45) is 6.52. The van der Waals surface area contributed by atoms with Gasteiger partial charge in [-0.25, -0.2) is 0 Å². The van der Waals surface area contributed by atoms with Crippen LogP contribution >= 0.6 is 0 Å². The first-order valence-electron chi connectivity index (χ1n) is 7.51. The predicted octanol–water partition coefficient (Wildman–Crippen LogP) is 2.05. The van der Waals surface area contributed by atoms with Gasteiger partial charge in [-0.1, -0.05) is 19.3 Å². The normalized spacial score (nSPS) is 18.6. The Kier molecular flexibility index (Phi) is 5.99. The van der Waals surface area contributed by atoms with Gasteiger partial charge in [0.15, 0.2) is 0 Å². The van der Waals surface area contributed by atoms with Gasteiger partial charge in [-0.2, -0.15) is 0 Å². The average molecular weight is 284 g/mol. The van der Waals surface area contributed by atoms with E-state index in [1.54, 1.807) is 0 Å². The fraction of sp³-hybridized carbons (Fsp3) is 0.867. The number of nitrogens with two attached hydrogens (primary N) is 1. The quantitative estimate of drug-likeness (QED) is 0.667. The van der Waals surface area contributed by atoms with E-state index in [2.05, 4.69) is 5.32 Å². The lowest BCUT2D eigenvalue weighted by Gasteiger charge is -2.37. The molecule has 0 aliphatic heterocycles. The maximum atomic E-state index is 12.2. The molecule has 0 aromatic heterocycles. The minimum atomic E-state index is -0.835. The number of carboxylic acid groups (broad SMARTS) is 1. The van der Waals surface area contributed by atoms with Crippen molar-refractivity contribution in [1.82, 2.24) is 5.32 Å². The average Bonchev–Trinajstić information content (AvgIpc) is 2.37. The van der Waals surface area contributed by atoms with Crippen LogP contribution in [0.1, 0.15) is 65.2 Å². The zero-order valence-electron chi connectivity index (χ0n) is 12.7. The first-order valence-corrected chi connectivity index (χ1v) is 7.51. The first kappa shape index (κ1) is 17.0. The highest BCUT2D eigenvalue weighted by Crippen LogP contribution is 2.38. The van der Waals surface area contributed by atoms with Gasteiger partial charge in [0.1, 0.15) is 0 Å². The summed E-state index contributed by atoms with van der Waals surface area (Å²) >= 11 is 0. The first-order chi connectivity index (χ1) is 9.29. The highest BCUT2D eigenvalue weighted by Gasteiger charge is 2.34. The number of hydrogen-bond donors (Lipinski definition) is 3. The zero-order chi connectivity index (χ0) is 15.2. The monoisotopic (exact) mass is 284 g/mol. The third-order valence-electron chi connectivity index (χ3n) is 4.32. The molecule has 5 nitrogen and oxygen atoms in total. The molecule has 20 heavy (non-hydrogen) atoms. The molecule has 0 unspecified atom stereocenters. The third kappa shape index (κ3) is 5.49. The van der Waals surface area contributed by atoms with Crippen molar-refractivity contribution < 1.29 is 14.7 Å². The Bertz CT molecular complexity index is 347. The van der Waals surface area contributed by atoms with Crippen molar-refractivity contribution in [2.45, 2.75) is 70.8 Å². The summed E-state index contributed by atoms with van der Waals surface area (Å²) in [5.74, 6) is -0.842. The standard InChI is InChI=1S/C15H28N2O3/c1-14(2,9-6-13(19)20)17-12(18)10-15(11-16)7-4-3-5-8-15/h3-11,16H2,1-2H3,(H,17,18)(H,19,20). The second-order valence-electron chi connectivity index (χ2n) is 6.77. The summed E-state index contributed by atoms with van der Waals surface area (Å²) in [7, 11) is 0. The van der Waals surface area contributed by atoms with E-state index in [0.29, 0.717) is 19.4 Å². The molecule has 0 radical (unpaired) electrons. The van der Waals surface area contributed by atoms with Crippen molar-refractivity contribution in [1.29, 1.82) is 0 Å². The molecule has 4 N–H and O–H groups in total. The summed E-state index contributed by atoms with van der Waals surface area (Å²) in [6.45, 7) is 4.28. The van der Waals surface area contributed by atoms with Crippen molar-refractivity contribution in [3.8, 4) is 0 Å². The van der Waals surface area contributed by atoms with E-state index in [1.165, 1.54) is 6.42 Å². The molecule has 1 fully saturated rings. The molecule has 0 aromatic rings. The minimum Gasteiger partial charge on any atom is -0.481 e. The molecule has 0 aromatic carbocycles. The number of carbonyl (C=O) groups excluding carboxylic acids is 1. The van der Waals surface area contributed by atoms with Crippen molar-refractivity contribution in [3.05, 3.63) is 0 Å². The summed E-state index contributed by atoms with van der Waals surface area (Å²) in [4.78, 5) is 22.8. The van der Waals surface area contributed by atoms with Crippen LogP contribution in [0.25, 0.3) is 0 Å². The molecule has 0 bridgehead atoms. The van der Waals surface area contributed by atoms with Gasteiger partial charge in [0, 0.05) is 18.4 Å². The largest absolute Gasteiger partial charge is 0.481 e. The van der Waals surface area contributed by atoms with E-state index in [4.69, 9.17) is 10.8 Å². The number of hydrogen-bond acceptors (Lipinski definition) is 3. The minimum absolute atomic E-state index is 0.00672. The molecule has 5 heteroatoms. The van der Waals surface area contributed by atoms with Gasteiger partial charge in [0.25, 0.3) is 0 Å². The van der Waals surface area contributed by atoms with Crippen molar-refractivity contribution in [2.75, 3.05) is 6.54 Å². The van der Waals surface area contributed by atoms with Crippen molar-refractivity contribution >= 4 is 11.9 Å². The Morgan fingerprint density at radius 1 is 1.25 bits per heavy atom. The number of carboxylic acids is 1. The van der Waals surface area contributed by atoms with Crippen LogP contribution in [0.15, 0.2) is 0 Å². The third-order valence-corrected chi connectivity index (χ3v) is 4.32. The Morgan fingerprint density at radius 3 is 2.35 bits per heavy atom. The summed E-state index contributed by atoms with van der Waals surface area (Å²) in [5, 5.41) is 11.7. The topological polar surface area (TPSA) is 92.4 Å².